The SMILES string of the molecule is CCOCCCCNC(=NC)NCC1(c2ccc(OC)c(OC)c2)CCCCC1.I. The molecule has 0 bridgehead atoms. The largest absolute Gasteiger partial charge is 0.493 e. The number of methoxy groups -OCH3 is 2. The first-order chi connectivity index (χ1) is 14.2. The minimum atomic E-state index is 0. The topological polar surface area (TPSA) is 64.1 Å². The van der Waals surface area contributed by atoms with Crippen LogP contribution in [0.1, 0.15) is 57.4 Å². The zero-order chi connectivity index (χ0) is 21.0. The average Bonchev–Trinajstić information content (AvgIpc) is 2.78. The zero-order valence-electron chi connectivity index (χ0n) is 19.1. The third kappa shape index (κ3) is 7.80. The molecule has 6 nitrogen and oxygen atoms in total. The lowest BCUT2D eigenvalue weighted by molar-refractivity contribution is 0.143. The van der Waals surface area contributed by atoms with Gasteiger partial charge in [-0.25, -0.2) is 0 Å². The lowest BCUT2D eigenvalue weighted by atomic mass is 9.69. The Morgan fingerprint density at radius 2 is 1.77 bits per heavy atom. The Bertz CT molecular complexity index is 634. The number of hydrogen-bond acceptors (Lipinski definition) is 4. The van der Waals surface area contributed by atoms with E-state index in [1.165, 1.54) is 37.7 Å². The number of aliphatic imine (C=N–C) groups is 1. The Morgan fingerprint density at radius 1 is 1.03 bits per heavy atom. The summed E-state index contributed by atoms with van der Waals surface area (Å²) in [6.07, 6.45) is 8.28. The summed E-state index contributed by atoms with van der Waals surface area (Å²) < 4.78 is 16.4. The predicted octanol–water partition coefficient (Wildman–Crippen LogP) is 4.51. The van der Waals surface area contributed by atoms with E-state index >= 15 is 0 Å². The van der Waals surface area contributed by atoms with Crippen LogP contribution in [-0.2, 0) is 10.2 Å². The molecule has 0 saturated heterocycles. The van der Waals surface area contributed by atoms with Gasteiger partial charge in [-0.15, -0.1) is 24.0 Å². The van der Waals surface area contributed by atoms with Crippen LogP contribution in [0.25, 0.3) is 0 Å². The molecule has 2 rings (SSSR count). The Balaban J connectivity index is 0.00000450. The van der Waals surface area contributed by atoms with Crippen molar-refractivity contribution in [2.75, 3.05) is 47.6 Å². The van der Waals surface area contributed by atoms with E-state index < -0.39 is 0 Å². The molecule has 0 amide bonds. The van der Waals surface area contributed by atoms with E-state index in [9.17, 15) is 0 Å². The van der Waals surface area contributed by atoms with Crippen molar-refractivity contribution in [1.82, 2.24) is 10.6 Å². The number of ether oxygens (including phenoxy) is 3. The molecule has 0 spiro atoms. The van der Waals surface area contributed by atoms with Gasteiger partial charge in [0.05, 0.1) is 14.2 Å². The number of guanidine groups is 1. The van der Waals surface area contributed by atoms with E-state index in [2.05, 4.69) is 27.8 Å². The molecule has 30 heavy (non-hydrogen) atoms. The summed E-state index contributed by atoms with van der Waals surface area (Å²) in [7, 11) is 5.21. The fourth-order valence-electron chi connectivity index (χ4n) is 4.12. The van der Waals surface area contributed by atoms with Crippen LogP contribution in [0.5, 0.6) is 11.5 Å². The third-order valence-corrected chi connectivity index (χ3v) is 5.84. The highest BCUT2D eigenvalue weighted by molar-refractivity contribution is 14.0. The molecule has 1 aliphatic rings. The number of hydrogen-bond donors (Lipinski definition) is 2. The molecule has 0 atom stereocenters. The Morgan fingerprint density at radius 3 is 2.40 bits per heavy atom. The smallest absolute Gasteiger partial charge is 0.191 e. The van der Waals surface area contributed by atoms with Gasteiger partial charge in [-0.2, -0.15) is 0 Å². The maximum absolute atomic E-state index is 5.56. The normalized spacial score (nSPS) is 15.8. The van der Waals surface area contributed by atoms with Crippen LogP contribution >= 0.6 is 24.0 Å². The van der Waals surface area contributed by atoms with E-state index in [0.29, 0.717) is 0 Å². The second-order valence-electron chi connectivity index (χ2n) is 7.67. The molecule has 172 valence electrons. The second-order valence-corrected chi connectivity index (χ2v) is 7.67. The molecule has 0 radical (unpaired) electrons. The van der Waals surface area contributed by atoms with Gasteiger partial charge in [-0.1, -0.05) is 25.3 Å². The van der Waals surface area contributed by atoms with Crippen molar-refractivity contribution in [3.63, 3.8) is 0 Å². The number of unbranched alkanes of at least 4 members (excludes halogenated alkanes) is 1. The van der Waals surface area contributed by atoms with Crippen LogP contribution in [-0.4, -0.2) is 53.5 Å². The van der Waals surface area contributed by atoms with E-state index in [1.54, 1.807) is 14.2 Å². The lowest BCUT2D eigenvalue weighted by Gasteiger charge is -2.38. The second kappa shape index (κ2) is 14.7. The van der Waals surface area contributed by atoms with Crippen LogP contribution in [0.2, 0.25) is 0 Å². The molecule has 1 aromatic rings. The highest BCUT2D eigenvalue weighted by Crippen LogP contribution is 2.42. The van der Waals surface area contributed by atoms with Gasteiger partial charge in [0.15, 0.2) is 17.5 Å². The number of rotatable bonds is 11. The van der Waals surface area contributed by atoms with Crippen LogP contribution in [0.4, 0.5) is 0 Å². The summed E-state index contributed by atoms with van der Waals surface area (Å²) in [4.78, 5) is 4.41. The number of halogens is 1. The van der Waals surface area contributed by atoms with Crippen molar-refractivity contribution < 1.29 is 14.2 Å². The van der Waals surface area contributed by atoms with E-state index in [4.69, 9.17) is 14.2 Å². The molecule has 7 heteroatoms. The summed E-state index contributed by atoms with van der Waals surface area (Å²) in [6, 6.07) is 6.37. The zero-order valence-corrected chi connectivity index (χ0v) is 21.4. The fraction of sp³-hybridized carbons (Fsp3) is 0.696. The van der Waals surface area contributed by atoms with E-state index in [1.807, 2.05) is 20.0 Å². The Hall–Kier alpha value is -1.22. The van der Waals surface area contributed by atoms with Crippen molar-refractivity contribution >= 4 is 29.9 Å². The van der Waals surface area contributed by atoms with Crippen molar-refractivity contribution in [1.29, 1.82) is 0 Å². The summed E-state index contributed by atoms with van der Waals surface area (Å²) >= 11 is 0. The fourth-order valence-corrected chi connectivity index (χ4v) is 4.12. The maximum atomic E-state index is 5.56. The summed E-state index contributed by atoms with van der Waals surface area (Å²) in [5.74, 6) is 2.44. The van der Waals surface area contributed by atoms with Crippen molar-refractivity contribution in [2.45, 2.75) is 57.3 Å². The quantitative estimate of drug-likeness (QED) is 0.190. The highest BCUT2D eigenvalue weighted by Gasteiger charge is 2.34. The van der Waals surface area contributed by atoms with Gasteiger partial charge in [0.25, 0.3) is 0 Å². The molecule has 0 aliphatic heterocycles. The van der Waals surface area contributed by atoms with Crippen molar-refractivity contribution in [2.24, 2.45) is 4.99 Å². The van der Waals surface area contributed by atoms with Gasteiger partial charge in [0.2, 0.25) is 0 Å². The first-order valence-corrected chi connectivity index (χ1v) is 10.9. The minimum absolute atomic E-state index is 0. The molecule has 0 heterocycles. The molecular weight excluding hydrogens is 493 g/mol. The van der Waals surface area contributed by atoms with Crippen molar-refractivity contribution in [3.05, 3.63) is 23.8 Å². The standard InChI is InChI=1S/C23H39N3O3.HI/c1-5-29-16-10-9-15-25-22(24-2)26-18-23(13-7-6-8-14-23)19-11-12-20(27-3)21(17-19)28-4;/h11-12,17H,5-10,13-16,18H2,1-4H3,(H2,24,25,26);1H. The predicted molar refractivity (Wildman–Crippen MR) is 135 cm³/mol. The third-order valence-electron chi connectivity index (χ3n) is 5.84. The number of nitrogens with one attached hydrogen (secondary N) is 2. The number of nitrogens with zero attached hydrogens (tertiary/aromatic N) is 1. The average molecular weight is 533 g/mol. The van der Waals surface area contributed by atoms with Crippen LogP contribution in [0.3, 0.4) is 0 Å². The van der Waals surface area contributed by atoms with Gasteiger partial charge < -0.3 is 24.8 Å². The minimum Gasteiger partial charge on any atom is -0.493 e. The van der Waals surface area contributed by atoms with E-state index in [-0.39, 0.29) is 29.4 Å². The summed E-state index contributed by atoms with van der Waals surface area (Å²) in [5, 5.41) is 7.02. The van der Waals surface area contributed by atoms with E-state index in [0.717, 1.165) is 56.6 Å². The molecule has 1 aromatic carbocycles. The summed E-state index contributed by atoms with van der Waals surface area (Å²) in [5.41, 5.74) is 1.40. The molecular formula is C23H40IN3O3. The molecule has 0 aromatic heterocycles. The highest BCUT2D eigenvalue weighted by atomic mass is 127. The molecule has 1 saturated carbocycles. The van der Waals surface area contributed by atoms with Gasteiger partial charge >= 0.3 is 0 Å². The van der Waals surface area contributed by atoms with Crippen LogP contribution in [0.15, 0.2) is 23.2 Å². The van der Waals surface area contributed by atoms with Gasteiger partial charge in [-0.05, 0) is 50.3 Å². The van der Waals surface area contributed by atoms with Crippen LogP contribution in [0, 0.1) is 0 Å². The first-order valence-electron chi connectivity index (χ1n) is 10.9. The summed E-state index contributed by atoms with van der Waals surface area (Å²) in [6.45, 7) is 5.40. The molecule has 2 N–H and O–H groups in total. The lowest BCUT2D eigenvalue weighted by Crippen LogP contribution is -2.46. The Labute approximate surface area is 199 Å². The molecule has 1 aliphatic carbocycles. The van der Waals surface area contributed by atoms with Gasteiger partial charge in [-0.3, -0.25) is 4.99 Å². The monoisotopic (exact) mass is 533 g/mol. The van der Waals surface area contributed by atoms with Crippen molar-refractivity contribution in [3.8, 4) is 11.5 Å². The van der Waals surface area contributed by atoms with Crippen LogP contribution < -0.4 is 20.1 Å². The maximum Gasteiger partial charge on any atom is 0.191 e. The van der Waals surface area contributed by atoms with Gasteiger partial charge in [0, 0.05) is 38.8 Å². The van der Waals surface area contributed by atoms with Gasteiger partial charge in [0.1, 0.15) is 0 Å². The first kappa shape index (κ1) is 26.8. The molecule has 1 fully saturated rings. The number of benzene rings is 1. The Kier molecular flexibility index (Phi) is 13.2. The molecule has 0 unspecified atom stereocenters.